The number of hydrogen-bond donors (Lipinski definition) is 0. The predicted octanol–water partition coefficient (Wildman–Crippen LogP) is 2.62. The van der Waals surface area contributed by atoms with Crippen LogP contribution in [0.15, 0.2) is 24.3 Å². The highest BCUT2D eigenvalue weighted by Gasteiger charge is 2.19. The lowest BCUT2D eigenvalue weighted by Gasteiger charge is -2.19. The summed E-state index contributed by atoms with van der Waals surface area (Å²) in [5, 5.41) is 0. The van der Waals surface area contributed by atoms with Gasteiger partial charge in [-0.25, -0.2) is 14.3 Å². The zero-order valence-corrected chi connectivity index (χ0v) is 9.52. The number of imidazole rings is 1. The van der Waals surface area contributed by atoms with Crippen LogP contribution in [0, 0.1) is 6.33 Å². The van der Waals surface area contributed by atoms with Gasteiger partial charge >= 0.3 is 6.09 Å². The van der Waals surface area contributed by atoms with Gasteiger partial charge in [-0.3, -0.25) is 0 Å². The fraction of sp³-hybridized carbons (Fsp3) is 0.333. The van der Waals surface area contributed by atoms with Gasteiger partial charge < -0.3 is 4.74 Å². The van der Waals surface area contributed by atoms with Crippen LogP contribution in [0.5, 0.6) is 0 Å². The molecule has 83 valence electrons. The molecule has 1 heterocycles. The van der Waals surface area contributed by atoms with Crippen LogP contribution in [-0.4, -0.2) is 21.2 Å². The van der Waals surface area contributed by atoms with Gasteiger partial charge in [-0.05, 0) is 32.9 Å². The second kappa shape index (κ2) is 3.63. The molecule has 0 saturated heterocycles. The number of benzene rings is 1. The van der Waals surface area contributed by atoms with E-state index < -0.39 is 11.7 Å². The van der Waals surface area contributed by atoms with E-state index in [9.17, 15) is 4.79 Å². The van der Waals surface area contributed by atoms with E-state index in [4.69, 9.17) is 4.74 Å². The Bertz CT molecular complexity index is 523. The largest absolute Gasteiger partial charge is 0.443 e. The molecule has 0 aliphatic heterocycles. The Kier molecular flexibility index (Phi) is 2.42. The van der Waals surface area contributed by atoms with Crippen LogP contribution in [0.4, 0.5) is 4.79 Å². The van der Waals surface area contributed by atoms with Crippen molar-refractivity contribution in [3.8, 4) is 0 Å². The number of aromatic nitrogens is 2. The molecule has 0 fully saturated rings. The summed E-state index contributed by atoms with van der Waals surface area (Å²) in [6.07, 6.45) is 2.17. The number of fused-ring (bicyclic) bond motifs is 1. The van der Waals surface area contributed by atoms with E-state index >= 15 is 0 Å². The van der Waals surface area contributed by atoms with Crippen molar-refractivity contribution in [3.05, 3.63) is 30.6 Å². The van der Waals surface area contributed by atoms with Crippen LogP contribution in [-0.2, 0) is 4.74 Å². The molecule has 0 saturated carbocycles. The first-order valence-corrected chi connectivity index (χ1v) is 5.06. The highest BCUT2D eigenvalue weighted by molar-refractivity contribution is 5.86. The number of carbonyl (C=O) groups excluding carboxylic acids is 1. The first-order chi connectivity index (χ1) is 7.47. The second-order valence-electron chi connectivity index (χ2n) is 4.52. The van der Waals surface area contributed by atoms with Crippen molar-refractivity contribution in [2.75, 3.05) is 0 Å². The highest BCUT2D eigenvalue weighted by Crippen LogP contribution is 2.14. The van der Waals surface area contributed by atoms with Crippen LogP contribution < -0.4 is 0 Å². The quantitative estimate of drug-likeness (QED) is 0.681. The minimum atomic E-state index is -0.518. The standard InChI is InChI=1S/C12H13N2O2/c1-12(2,3)16-11(15)14-8-13-9-6-4-5-7-10(9)14/h4-7H,1-3H3. The number of carbonyl (C=O) groups is 1. The minimum Gasteiger partial charge on any atom is -0.443 e. The SMILES string of the molecule is CC(C)(C)OC(=O)n1[c]nc2ccccc21. The Hall–Kier alpha value is -1.84. The van der Waals surface area contributed by atoms with Gasteiger partial charge in [0.2, 0.25) is 0 Å². The Morgan fingerprint density at radius 3 is 2.75 bits per heavy atom. The molecule has 2 aromatic rings. The van der Waals surface area contributed by atoms with Crippen LogP contribution in [0.3, 0.4) is 0 Å². The van der Waals surface area contributed by atoms with Gasteiger partial charge in [-0.15, -0.1) is 0 Å². The number of rotatable bonds is 0. The van der Waals surface area contributed by atoms with Crippen LogP contribution in [0.2, 0.25) is 0 Å². The smallest absolute Gasteiger partial charge is 0.420 e. The molecule has 0 aliphatic rings. The highest BCUT2D eigenvalue weighted by atomic mass is 16.6. The van der Waals surface area contributed by atoms with Crippen LogP contribution in [0.1, 0.15) is 20.8 Å². The molecule has 4 heteroatoms. The molecular weight excluding hydrogens is 204 g/mol. The van der Waals surface area contributed by atoms with Crippen molar-refractivity contribution in [2.45, 2.75) is 26.4 Å². The molecule has 0 aliphatic carbocycles. The van der Waals surface area contributed by atoms with E-state index in [-0.39, 0.29) is 0 Å². The lowest BCUT2D eigenvalue weighted by molar-refractivity contribution is 0.0542. The molecular formula is C12H13N2O2. The van der Waals surface area contributed by atoms with E-state index in [1.165, 1.54) is 4.57 Å². The molecule has 1 aromatic heterocycles. The average Bonchev–Trinajstić information content (AvgIpc) is 2.58. The summed E-state index contributed by atoms with van der Waals surface area (Å²) < 4.78 is 6.54. The molecule has 16 heavy (non-hydrogen) atoms. The summed E-state index contributed by atoms with van der Waals surface area (Å²) in [5.74, 6) is 0. The third kappa shape index (κ3) is 2.05. The maximum atomic E-state index is 11.8. The first kappa shape index (κ1) is 10.7. The molecule has 2 rings (SSSR count). The maximum Gasteiger partial charge on any atom is 0.420 e. The van der Waals surface area contributed by atoms with Gasteiger partial charge in [0.25, 0.3) is 0 Å². The number of hydrogen-bond acceptors (Lipinski definition) is 3. The number of ether oxygens (including phenoxy) is 1. The lowest BCUT2D eigenvalue weighted by Crippen LogP contribution is -2.26. The summed E-state index contributed by atoms with van der Waals surface area (Å²) in [6, 6.07) is 7.34. The Morgan fingerprint density at radius 2 is 2.06 bits per heavy atom. The Morgan fingerprint density at radius 1 is 1.38 bits per heavy atom. The van der Waals surface area contributed by atoms with E-state index in [0.29, 0.717) is 5.52 Å². The fourth-order valence-corrected chi connectivity index (χ4v) is 1.35. The van der Waals surface area contributed by atoms with E-state index in [1.54, 1.807) is 0 Å². The van der Waals surface area contributed by atoms with Gasteiger partial charge in [-0.2, -0.15) is 0 Å². The third-order valence-corrected chi connectivity index (χ3v) is 1.97. The summed E-state index contributed by atoms with van der Waals surface area (Å²) >= 11 is 0. The molecule has 4 nitrogen and oxygen atoms in total. The number of nitrogens with zero attached hydrogens (tertiary/aromatic N) is 2. The zero-order valence-electron chi connectivity index (χ0n) is 9.52. The maximum absolute atomic E-state index is 11.8. The van der Waals surface area contributed by atoms with Gasteiger partial charge in [0, 0.05) is 0 Å². The van der Waals surface area contributed by atoms with E-state index in [0.717, 1.165) is 5.52 Å². The average molecular weight is 217 g/mol. The minimum absolute atomic E-state index is 0.457. The van der Waals surface area contributed by atoms with Gasteiger partial charge in [0.15, 0.2) is 6.33 Å². The number of para-hydroxylation sites is 2. The van der Waals surface area contributed by atoms with Crippen molar-refractivity contribution < 1.29 is 9.53 Å². The van der Waals surface area contributed by atoms with Crippen molar-refractivity contribution in [1.29, 1.82) is 0 Å². The molecule has 0 atom stereocenters. The van der Waals surface area contributed by atoms with Crippen LogP contribution in [0.25, 0.3) is 11.0 Å². The first-order valence-electron chi connectivity index (χ1n) is 5.06. The fourth-order valence-electron chi connectivity index (χ4n) is 1.35. The third-order valence-electron chi connectivity index (χ3n) is 1.97. The summed E-state index contributed by atoms with van der Waals surface area (Å²) in [5.41, 5.74) is 0.918. The van der Waals surface area contributed by atoms with Crippen molar-refractivity contribution in [1.82, 2.24) is 9.55 Å². The molecule has 0 unspecified atom stereocenters. The lowest BCUT2D eigenvalue weighted by atomic mass is 10.2. The monoisotopic (exact) mass is 217 g/mol. The van der Waals surface area contributed by atoms with Crippen LogP contribution >= 0.6 is 0 Å². The Labute approximate surface area is 93.9 Å². The molecule has 1 radical (unpaired) electrons. The van der Waals surface area contributed by atoms with Crippen molar-refractivity contribution in [2.24, 2.45) is 0 Å². The second-order valence-corrected chi connectivity index (χ2v) is 4.52. The molecule has 0 amide bonds. The molecule has 0 bridgehead atoms. The van der Waals surface area contributed by atoms with Crippen molar-refractivity contribution >= 4 is 17.1 Å². The van der Waals surface area contributed by atoms with Gasteiger partial charge in [0.05, 0.1) is 11.0 Å². The van der Waals surface area contributed by atoms with Crippen molar-refractivity contribution in [3.63, 3.8) is 0 Å². The van der Waals surface area contributed by atoms with Gasteiger partial charge in [0.1, 0.15) is 5.60 Å². The zero-order chi connectivity index (χ0) is 11.8. The molecule has 1 aromatic carbocycles. The summed E-state index contributed by atoms with van der Waals surface area (Å²) in [7, 11) is 0. The van der Waals surface area contributed by atoms with E-state index in [1.807, 2.05) is 45.0 Å². The molecule has 0 spiro atoms. The normalized spacial score (nSPS) is 11.7. The summed E-state index contributed by atoms with van der Waals surface area (Å²) in [4.78, 5) is 15.8. The topological polar surface area (TPSA) is 44.1 Å². The van der Waals surface area contributed by atoms with E-state index in [2.05, 4.69) is 11.3 Å². The Balaban J connectivity index is 2.37. The van der Waals surface area contributed by atoms with Gasteiger partial charge in [-0.1, -0.05) is 12.1 Å². The molecule has 0 N–H and O–H groups in total. The summed E-state index contributed by atoms with van der Waals surface area (Å²) in [6.45, 7) is 5.47. The predicted molar refractivity (Wildman–Crippen MR) is 60.2 cm³/mol.